The van der Waals surface area contributed by atoms with E-state index in [4.69, 9.17) is 11.6 Å². The summed E-state index contributed by atoms with van der Waals surface area (Å²) >= 11 is 8.42. The lowest BCUT2D eigenvalue weighted by atomic mass is 10.0. The number of benzene rings is 3. The molecular formula is C26H21ClIN3O3. The van der Waals surface area contributed by atoms with E-state index in [0.717, 1.165) is 14.0 Å². The molecule has 3 aromatic carbocycles. The van der Waals surface area contributed by atoms with E-state index in [1.807, 2.05) is 36.4 Å². The van der Waals surface area contributed by atoms with E-state index in [9.17, 15) is 14.4 Å². The Balaban J connectivity index is 1.46. The summed E-state index contributed by atoms with van der Waals surface area (Å²) in [4.78, 5) is 39.2. The van der Waals surface area contributed by atoms with Crippen LogP contribution in [-0.2, 0) is 9.59 Å². The van der Waals surface area contributed by atoms with Crippen LogP contribution in [0, 0.1) is 3.57 Å². The molecule has 0 bridgehead atoms. The Morgan fingerprint density at radius 1 is 0.853 bits per heavy atom. The van der Waals surface area contributed by atoms with Gasteiger partial charge in [0.2, 0.25) is 0 Å². The number of carbonyl (C=O) groups excluding carboxylic acids is 3. The van der Waals surface area contributed by atoms with Gasteiger partial charge in [0.15, 0.2) is 0 Å². The second-order valence-electron chi connectivity index (χ2n) is 8.04. The van der Waals surface area contributed by atoms with Crippen molar-refractivity contribution in [2.24, 2.45) is 0 Å². The Labute approximate surface area is 216 Å². The normalized spacial score (nSPS) is 13.6. The van der Waals surface area contributed by atoms with Gasteiger partial charge in [0, 0.05) is 20.5 Å². The largest absolute Gasteiger partial charge is 0.350 e. The van der Waals surface area contributed by atoms with Gasteiger partial charge in [-0.05, 0) is 94.7 Å². The Bertz CT molecular complexity index is 1280. The van der Waals surface area contributed by atoms with Crippen LogP contribution in [0.3, 0.4) is 0 Å². The van der Waals surface area contributed by atoms with Crippen LogP contribution < -0.4 is 15.5 Å². The van der Waals surface area contributed by atoms with Crippen LogP contribution in [0.1, 0.15) is 35.7 Å². The highest BCUT2D eigenvalue weighted by molar-refractivity contribution is 14.1. The van der Waals surface area contributed by atoms with Gasteiger partial charge < -0.3 is 10.6 Å². The first-order valence-corrected chi connectivity index (χ1v) is 12.0. The molecule has 0 saturated heterocycles. The fourth-order valence-corrected chi connectivity index (χ4v) is 4.01. The van der Waals surface area contributed by atoms with Gasteiger partial charge in [-0.3, -0.25) is 14.4 Å². The number of hydrogen-bond acceptors (Lipinski definition) is 4. The molecule has 3 amide bonds. The number of imide groups is 1. The molecule has 0 aromatic heterocycles. The van der Waals surface area contributed by atoms with E-state index in [-0.39, 0.29) is 16.6 Å². The zero-order valence-corrected chi connectivity index (χ0v) is 21.3. The maximum Gasteiger partial charge on any atom is 0.283 e. The van der Waals surface area contributed by atoms with Crippen LogP contribution >= 0.6 is 34.2 Å². The third-order valence-electron chi connectivity index (χ3n) is 5.36. The second-order valence-corrected chi connectivity index (χ2v) is 9.67. The summed E-state index contributed by atoms with van der Waals surface area (Å²) in [7, 11) is 0. The average molecular weight is 586 g/mol. The summed E-state index contributed by atoms with van der Waals surface area (Å²) in [5.74, 6) is -1.04. The zero-order chi connectivity index (χ0) is 24.4. The predicted molar refractivity (Wildman–Crippen MR) is 143 cm³/mol. The minimum atomic E-state index is -0.583. The zero-order valence-electron chi connectivity index (χ0n) is 18.4. The van der Waals surface area contributed by atoms with Crippen molar-refractivity contribution in [2.75, 3.05) is 15.5 Å². The molecule has 8 heteroatoms. The van der Waals surface area contributed by atoms with Crippen LogP contribution in [0.2, 0.25) is 0 Å². The highest BCUT2D eigenvalue weighted by Crippen LogP contribution is 2.31. The van der Waals surface area contributed by atoms with E-state index >= 15 is 0 Å². The molecule has 172 valence electrons. The first kappa shape index (κ1) is 24.0. The smallest absolute Gasteiger partial charge is 0.283 e. The van der Waals surface area contributed by atoms with Gasteiger partial charge in [0.05, 0.1) is 5.69 Å². The molecule has 1 aliphatic heterocycles. The molecule has 0 aliphatic carbocycles. The van der Waals surface area contributed by atoms with Crippen molar-refractivity contribution in [1.29, 1.82) is 0 Å². The quantitative estimate of drug-likeness (QED) is 0.271. The highest BCUT2D eigenvalue weighted by atomic mass is 127. The number of halogens is 2. The van der Waals surface area contributed by atoms with E-state index < -0.39 is 11.8 Å². The standard InChI is InChI=1S/C26H21ClIN3O3/c1-15(2)16-5-13-21(14-6-16)31-25(33)22(27)23(26(31)34)29-19-9-3-17(4-10-19)24(32)30-20-11-7-18(28)8-12-20/h3-15,29H,1-2H3,(H,30,32). The number of nitrogens with zero attached hydrogens (tertiary/aromatic N) is 1. The first-order chi connectivity index (χ1) is 16.2. The summed E-state index contributed by atoms with van der Waals surface area (Å²) in [5.41, 5.74) is 3.22. The van der Waals surface area contributed by atoms with Crippen LogP contribution in [0.25, 0.3) is 0 Å². The Morgan fingerprint density at radius 3 is 2.03 bits per heavy atom. The summed E-state index contributed by atoms with van der Waals surface area (Å²) in [5, 5.41) is 5.58. The SMILES string of the molecule is CC(C)c1ccc(N2C(=O)C(Cl)=C(Nc3ccc(C(=O)Nc4ccc(I)cc4)cc3)C2=O)cc1. The molecule has 0 saturated carbocycles. The molecule has 1 heterocycles. The van der Waals surface area contributed by atoms with Gasteiger partial charge in [-0.1, -0.05) is 37.6 Å². The number of anilines is 3. The molecule has 0 fully saturated rings. The van der Waals surface area contributed by atoms with Crippen LogP contribution in [0.4, 0.5) is 17.1 Å². The third-order valence-corrected chi connectivity index (χ3v) is 6.43. The molecule has 2 N–H and O–H groups in total. The van der Waals surface area contributed by atoms with Crippen molar-refractivity contribution in [3.05, 3.63) is 98.2 Å². The Morgan fingerprint density at radius 2 is 1.44 bits per heavy atom. The van der Waals surface area contributed by atoms with E-state index in [2.05, 4.69) is 47.1 Å². The van der Waals surface area contributed by atoms with Crippen molar-refractivity contribution in [3.8, 4) is 0 Å². The lowest BCUT2D eigenvalue weighted by Crippen LogP contribution is -2.32. The maximum atomic E-state index is 13.0. The van der Waals surface area contributed by atoms with Crippen LogP contribution in [0.15, 0.2) is 83.5 Å². The monoisotopic (exact) mass is 585 g/mol. The summed E-state index contributed by atoms with van der Waals surface area (Å²) < 4.78 is 1.07. The minimum absolute atomic E-state index is 0.00399. The van der Waals surface area contributed by atoms with Gasteiger partial charge in [0.1, 0.15) is 10.7 Å². The van der Waals surface area contributed by atoms with Gasteiger partial charge in [-0.25, -0.2) is 4.90 Å². The lowest BCUT2D eigenvalue weighted by Gasteiger charge is -2.16. The molecule has 1 aliphatic rings. The number of hydrogen-bond donors (Lipinski definition) is 2. The highest BCUT2D eigenvalue weighted by Gasteiger charge is 2.38. The van der Waals surface area contributed by atoms with Gasteiger partial charge in [-0.15, -0.1) is 0 Å². The maximum absolute atomic E-state index is 13.0. The van der Waals surface area contributed by atoms with Crippen LogP contribution in [-0.4, -0.2) is 17.7 Å². The Hall–Kier alpha value is -3.17. The molecule has 0 unspecified atom stereocenters. The molecule has 3 aromatic rings. The second kappa shape index (κ2) is 9.99. The summed E-state index contributed by atoms with van der Waals surface area (Å²) in [6.07, 6.45) is 0. The summed E-state index contributed by atoms with van der Waals surface area (Å²) in [6, 6.07) is 21.3. The van der Waals surface area contributed by atoms with Crippen molar-refractivity contribution in [1.82, 2.24) is 0 Å². The van der Waals surface area contributed by atoms with Gasteiger partial charge >= 0.3 is 0 Å². The Kier molecular flexibility index (Phi) is 7.04. The average Bonchev–Trinajstić information content (AvgIpc) is 3.04. The fourth-order valence-electron chi connectivity index (χ4n) is 3.44. The third kappa shape index (κ3) is 5.00. The topological polar surface area (TPSA) is 78.5 Å². The lowest BCUT2D eigenvalue weighted by molar-refractivity contribution is -0.120. The fraction of sp³-hybridized carbons (Fsp3) is 0.115. The predicted octanol–water partition coefficient (Wildman–Crippen LogP) is 6.10. The molecule has 0 spiro atoms. The first-order valence-electron chi connectivity index (χ1n) is 10.6. The van der Waals surface area contributed by atoms with E-state index in [1.165, 1.54) is 0 Å². The molecule has 0 radical (unpaired) electrons. The van der Waals surface area contributed by atoms with Crippen molar-refractivity contribution in [3.63, 3.8) is 0 Å². The molecular weight excluding hydrogens is 565 g/mol. The molecule has 6 nitrogen and oxygen atoms in total. The minimum Gasteiger partial charge on any atom is -0.350 e. The van der Waals surface area contributed by atoms with Gasteiger partial charge in [0.25, 0.3) is 17.7 Å². The number of nitrogens with one attached hydrogen (secondary N) is 2. The number of amides is 3. The van der Waals surface area contributed by atoms with Crippen molar-refractivity contribution in [2.45, 2.75) is 19.8 Å². The molecule has 4 rings (SSSR count). The number of carbonyl (C=O) groups is 3. The summed E-state index contributed by atoms with van der Waals surface area (Å²) in [6.45, 7) is 4.14. The van der Waals surface area contributed by atoms with E-state index in [1.54, 1.807) is 36.4 Å². The molecule has 34 heavy (non-hydrogen) atoms. The van der Waals surface area contributed by atoms with E-state index in [0.29, 0.717) is 28.5 Å². The van der Waals surface area contributed by atoms with Crippen LogP contribution in [0.5, 0.6) is 0 Å². The number of rotatable bonds is 6. The molecule has 0 atom stereocenters. The van der Waals surface area contributed by atoms with Gasteiger partial charge in [-0.2, -0.15) is 0 Å². The van der Waals surface area contributed by atoms with Crippen molar-refractivity contribution >= 4 is 69.0 Å². The van der Waals surface area contributed by atoms with Crippen molar-refractivity contribution < 1.29 is 14.4 Å².